The molecule has 1 fully saturated rings. The van der Waals surface area contributed by atoms with E-state index < -0.39 is 23.8 Å². The first kappa shape index (κ1) is 25.4. The molecule has 204 valence electrons. The van der Waals surface area contributed by atoms with Gasteiger partial charge in [-0.05, 0) is 60.9 Å². The van der Waals surface area contributed by atoms with Crippen molar-refractivity contribution < 1.29 is 23.9 Å². The van der Waals surface area contributed by atoms with Crippen LogP contribution in [0.25, 0.3) is 33.3 Å². The number of rotatable bonds is 8. The van der Waals surface area contributed by atoms with E-state index in [0.29, 0.717) is 33.6 Å². The Balaban J connectivity index is 1.29. The maximum atomic E-state index is 13.3. The Kier molecular flexibility index (Phi) is 6.59. The molecular weight excluding hydrogens is 510 g/mol. The third kappa shape index (κ3) is 4.72. The number of carbonyl (C=O) groups is 3. The number of carboxylic acid groups (broad SMARTS) is 1. The van der Waals surface area contributed by atoms with E-state index in [0.717, 1.165) is 48.1 Å². The minimum atomic E-state index is -1.19. The maximum absolute atomic E-state index is 13.3. The molecule has 6 rings (SSSR count). The summed E-state index contributed by atoms with van der Waals surface area (Å²) in [6, 6.07) is 11.2. The van der Waals surface area contributed by atoms with Crippen LogP contribution in [0.4, 0.5) is 0 Å². The van der Waals surface area contributed by atoms with E-state index in [1.165, 1.54) is 6.42 Å². The molecule has 1 aliphatic rings. The molecule has 2 amide bonds. The molecule has 0 saturated heterocycles. The van der Waals surface area contributed by atoms with E-state index in [1.54, 1.807) is 49.1 Å². The Bertz CT molecular complexity index is 1730. The normalized spacial score (nSPS) is 14.9. The Labute approximate surface area is 229 Å². The van der Waals surface area contributed by atoms with Gasteiger partial charge in [0.15, 0.2) is 0 Å². The van der Waals surface area contributed by atoms with Gasteiger partial charge in [-0.25, -0.2) is 9.78 Å². The average Bonchev–Trinajstić information content (AvgIpc) is 3.71. The fourth-order valence-electron chi connectivity index (χ4n) is 5.71. The summed E-state index contributed by atoms with van der Waals surface area (Å²) in [7, 11) is 0. The number of aromatic amines is 1. The number of carbonyl (C=O) groups excluding carboxylic acids is 2. The summed E-state index contributed by atoms with van der Waals surface area (Å²) in [4.78, 5) is 45.0. The molecule has 2 aromatic carbocycles. The van der Waals surface area contributed by atoms with Crippen LogP contribution in [0.15, 0.2) is 65.6 Å². The molecule has 10 nitrogen and oxygen atoms in total. The largest absolute Gasteiger partial charge is 0.480 e. The van der Waals surface area contributed by atoms with Crippen LogP contribution in [-0.4, -0.2) is 43.5 Å². The van der Waals surface area contributed by atoms with Crippen LogP contribution in [0.1, 0.15) is 64.4 Å². The second-order valence-corrected chi connectivity index (χ2v) is 10.3. The van der Waals surface area contributed by atoms with Crippen LogP contribution in [-0.2, 0) is 11.2 Å². The lowest BCUT2D eigenvalue weighted by Gasteiger charge is -2.25. The van der Waals surface area contributed by atoms with Gasteiger partial charge in [-0.15, -0.1) is 0 Å². The lowest BCUT2D eigenvalue weighted by molar-refractivity contribution is -0.139. The number of nitrogens with two attached hydrogens (primary N) is 1. The number of aromatic nitrogens is 3. The molecule has 1 unspecified atom stereocenters. The molecular formula is C30H29N5O5. The topological polar surface area (TPSA) is 156 Å². The van der Waals surface area contributed by atoms with E-state index in [1.807, 2.05) is 12.1 Å². The molecule has 1 saturated carbocycles. The molecule has 0 bridgehead atoms. The Morgan fingerprint density at radius 3 is 2.62 bits per heavy atom. The number of nitrogens with zero attached hydrogens (tertiary/aromatic N) is 2. The molecule has 5 N–H and O–H groups in total. The lowest BCUT2D eigenvalue weighted by Crippen LogP contribution is -2.42. The number of carboxylic acids is 1. The summed E-state index contributed by atoms with van der Waals surface area (Å²) in [5.74, 6) is -1.46. The molecule has 40 heavy (non-hydrogen) atoms. The van der Waals surface area contributed by atoms with Crippen molar-refractivity contribution in [2.24, 2.45) is 5.73 Å². The number of H-pyrrole nitrogens is 1. The number of nitrogens with one attached hydrogen (secondary N) is 2. The Morgan fingerprint density at radius 2 is 1.90 bits per heavy atom. The van der Waals surface area contributed by atoms with E-state index in [9.17, 15) is 19.5 Å². The first-order valence-electron chi connectivity index (χ1n) is 13.4. The van der Waals surface area contributed by atoms with Gasteiger partial charge in [-0.1, -0.05) is 19.3 Å². The van der Waals surface area contributed by atoms with Gasteiger partial charge in [-0.2, -0.15) is 0 Å². The van der Waals surface area contributed by atoms with Crippen LogP contribution >= 0.6 is 0 Å². The van der Waals surface area contributed by atoms with Crippen molar-refractivity contribution >= 4 is 39.7 Å². The number of furan rings is 1. The quantitative estimate of drug-likeness (QED) is 0.222. The van der Waals surface area contributed by atoms with E-state index in [4.69, 9.17) is 15.1 Å². The molecule has 1 aliphatic carbocycles. The summed E-state index contributed by atoms with van der Waals surface area (Å²) in [5.41, 5.74) is 9.91. The maximum Gasteiger partial charge on any atom is 0.326 e. The summed E-state index contributed by atoms with van der Waals surface area (Å²) in [6.07, 6.45) is 10.7. The highest BCUT2D eigenvalue weighted by Gasteiger charge is 2.26. The highest BCUT2D eigenvalue weighted by Crippen LogP contribution is 2.36. The van der Waals surface area contributed by atoms with Crippen molar-refractivity contribution in [1.82, 2.24) is 19.9 Å². The fourth-order valence-corrected chi connectivity index (χ4v) is 5.71. The van der Waals surface area contributed by atoms with E-state index in [-0.39, 0.29) is 6.42 Å². The Morgan fingerprint density at radius 1 is 1.10 bits per heavy atom. The average molecular weight is 540 g/mol. The molecule has 10 heteroatoms. The lowest BCUT2D eigenvalue weighted by atomic mass is 9.95. The van der Waals surface area contributed by atoms with Crippen molar-refractivity contribution in [2.75, 3.05) is 0 Å². The van der Waals surface area contributed by atoms with Crippen molar-refractivity contribution in [3.63, 3.8) is 0 Å². The molecule has 5 aromatic rings. The molecule has 0 spiro atoms. The van der Waals surface area contributed by atoms with E-state index >= 15 is 0 Å². The number of hydrogen-bond acceptors (Lipinski definition) is 5. The van der Waals surface area contributed by atoms with Gasteiger partial charge < -0.3 is 30.1 Å². The van der Waals surface area contributed by atoms with Gasteiger partial charge in [0, 0.05) is 40.7 Å². The zero-order valence-electron chi connectivity index (χ0n) is 21.7. The number of amides is 2. The van der Waals surface area contributed by atoms with Crippen LogP contribution in [0, 0.1) is 0 Å². The summed E-state index contributed by atoms with van der Waals surface area (Å²) >= 11 is 0. The van der Waals surface area contributed by atoms with Gasteiger partial charge in [0.05, 0.1) is 22.9 Å². The van der Waals surface area contributed by atoms with Gasteiger partial charge in [0.25, 0.3) is 5.91 Å². The van der Waals surface area contributed by atoms with Gasteiger partial charge >= 0.3 is 5.97 Å². The summed E-state index contributed by atoms with van der Waals surface area (Å²) < 4.78 is 7.57. The predicted molar refractivity (Wildman–Crippen MR) is 149 cm³/mol. The van der Waals surface area contributed by atoms with Crippen molar-refractivity contribution in [1.29, 1.82) is 0 Å². The SMILES string of the molecule is NC(=O)c1ccc2[nH]cc(CC(NC(=O)c3ccc4c(c3)nc(-c3ccoc3)n4C3CCCCC3)C(=O)O)c2c1. The minimum absolute atomic E-state index is 0.0203. The third-order valence-corrected chi connectivity index (χ3v) is 7.75. The van der Waals surface area contributed by atoms with E-state index in [2.05, 4.69) is 14.9 Å². The number of aliphatic carboxylic acids is 1. The monoisotopic (exact) mass is 539 g/mol. The van der Waals surface area contributed by atoms with Crippen LogP contribution < -0.4 is 11.1 Å². The van der Waals surface area contributed by atoms with Gasteiger partial charge in [0.2, 0.25) is 5.91 Å². The summed E-state index contributed by atoms with van der Waals surface area (Å²) in [5, 5.41) is 13.3. The van der Waals surface area contributed by atoms with Crippen molar-refractivity contribution in [3.8, 4) is 11.4 Å². The minimum Gasteiger partial charge on any atom is -0.480 e. The first-order chi connectivity index (χ1) is 19.4. The zero-order valence-corrected chi connectivity index (χ0v) is 21.7. The molecule has 1 atom stereocenters. The smallest absolute Gasteiger partial charge is 0.326 e. The van der Waals surface area contributed by atoms with Crippen molar-refractivity contribution in [2.45, 2.75) is 50.6 Å². The van der Waals surface area contributed by atoms with Crippen LogP contribution in [0.3, 0.4) is 0 Å². The zero-order chi connectivity index (χ0) is 27.8. The number of hydrogen-bond donors (Lipinski definition) is 4. The first-order valence-corrected chi connectivity index (χ1v) is 13.4. The standard InChI is InChI=1S/C30H29N5O5/c31-27(36)17-6-8-23-22(12-17)20(15-32-23)14-25(30(38)39)34-29(37)18-7-9-26-24(13-18)33-28(19-10-11-40-16-19)35(26)21-4-2-1-3-5-21/h6-13,15-16,21,25,32H,1-5,14H2,(H2,31,36)(H,34,37)(H,38,39). The van der Waals surface area contributed by atoms with Gasteiger partial charge in [0.1, 0.15) is 18.1 Å². The van der Waals surface area contributed by atoms with Gasteiger partial charge in [-0.3, -0.25) is 9.59 Å². The Hall–Kier alpha value is -4.86. The highest BCUT2D eigenvalue weighted by molar-refractivity contribution is 6.00. The fraction of sp³-hybridized carbons (Fsp3) is 0.267. The number of fused-ring (bicyclic) bond motifs is 2. The van der Waals surface area contributed by atoms with Crippen molar-refractivity contribution in [3.05, 3.63) is 77.9 Å². The number of imidazole rings is 1. The second kappa shape index (κ2) is 10.4. The van der Waals surface area contributed by atoms with Crippen LogP contribution in [0.2, 0.25) is 0 Å². The molecule has 0 aliphatic heterocycles. The summed E-state index contributed by atoms with van der Waals surface area (Å²) in [6.45, 7) is 0. The van der Waals surface area contributed by atoms with Crippen LogP contribution in [0.5, 0.6) is 0 Å². The molecule has 3 heterocycles. The predicted octanol–water partition coefficient (Wildman–Crippen LogP) is 4.81. The molecule has 3 aromatic heterocycles. The second-order valence-electron chi connectivity index (χ2n) is 10.3. The number of benzene rings is 2. The third-order valence-electron chi connectivity index (χ3n) is 7.75. The highest BCUT2D eigenvalue weighted by atomic mass is 16.4. The number of primary amides is 1. The molecule has 0 radical (unpaired) electrons.